The molecule has 2 heteroatoms. The number of rotatable bonds is 7. The fourth-order valence-electron chi connectivity index (χ4n) is 1.89. The molecule has 0 fully saturated rings. The number of ether oxygens (including phenoxy) is 1. The van der Waals surface area contributed by atoms with Gasteiger partial charge in [0, 0.05) is 5.57 Å². The molecule has 0 aliphatic rings. The van der Waals surface area contributed by atoms with Crippen molar-refractivity contribution in [1.29, 1.82) is 0 Å². The largest absolute Gasteiger partial charge is 0.497 e. The van der Waals surface area contributed by atoms with E-state index in [2.05, 4.69) is 18.9 Å². The third-order valence-corrected chi connectivity index (χ3v) is 3.23. The molecule has 0 saturated carbocycles. The van der Waals surface area contributed by atoms with Crippen molar-refractivity contribution in [2.75, 3.05) is 7.11 Å². The maximum atomic E-state index is 10.6. The second kappa shape index (κ2) is 7.54. The van der Waals surface area contributed by atoms with Crippen LogP contribution in [-0.4, -0.2) is 17.8 Å². The van der Waals surface area contributed by atoms with Gasteiger partial charge in [-0.1, -0.05) is 24.3 Å². The Morgan fingerprint density at radius 3 is 2.25 bits per heavy atom. The van der Waals surface area contributed by atoms with Crippen molar-refractivity contribution < 1.29 is 9.84 Å². The van der Waals surface area contributed by atoms with Gasteiger partial charge < -0.3 is 9.84 Å². The average Bonchev–Trinajstić information content (AvgIpc) is 2.45. The van der Waals surface area contributed by atoms with E-state index in [4.69, 9.17) is 4.74 Å². The lowest BCUT2D eigenvalue weighted by Crippen LogP contribution is -2.28. The van der Waals surface area contributed by atoms with Crippen molar-refractivity contribution in [2.24, 2.45) is 0 Å². The Hall–Kier alpha value is -2.02. The molecule has 0 aromatic heterocycles. The lowest BCUT2D eigenvalue weighted by molar-refractivity contribution is 0.0851. The minimum atomic E-state index is -0.952. The lowest BCUT2D eigenvalue weighted by atomic mass is 9.88. The van der Waals surface area contributed by atoms with E-state index in [0.29, 0.717) is 12.8 Å². The van der Waals surface area contributed by atoms with Gasteiger partial charge in [-0.25, -0.2) is 0 Å². The monoisotopic (exact) mass is 270 g/mol. The van der Waals surface area contributed by atoms with Gasteiger partial charge in [0.15, 0.2) is 0 Å². The van der Waals surface area contributed by atoms with E-state index in [-0.39, 0.29) is 0 Å². The van der Waals surface area contributed by atoms with Crippen molar-refractivity contribution in [3.8, 4) is 5.75 Å². The Morgan fingerprint density at radius 1 is 1.25 bits per heavy atom. The molecular weight excluding hydrogens is 248 g/mol. The molecule has 0 bridgehead atoms. The molecule has 0 radical (unpaired) electrons. The summed E-state index contributed by atoms with van der Waals surface area (Å²) in [6.45, 7) is 9.24. The minimum Gasteiger partial charge on any atom is -0.497 e. The van der Waals surface area contributed by atoms with Gasteiger partial charge in [0.2, 0.25) is 0 Å². The Balaban J connectivity index is 3.01. The fraction of sp³-hybridized carbons (Fsp3) is 0.278. The first-order valence-electron chi connectivity index (χ1n) is 6.57. The van der Waals surface area contributed by atoms with E-state index >= 15 is 0 Å². The van der Waals surface area contributed by atoms with E-state index in [9.17, 15) is 5.11 Å². The molecule has 1 aromatic rings. The molecule has 20 heavy (non-hydrogen) atoms. The molecule has 0 saturated heterocycles. The summed E-state index contributed by atoms with van der Waals surface area (Å²) in [4.78, 5) is 0. The van der Waals surface area contributed by atoms with Gasteiger partial charge in [0.05, 0.1) is 12.7 Å². The van der Waals surface area contributed by atoms with Crippen molar-refractivity contribution >= 4 is 6.08 Å². The van der Waals surface area contributed by atoms with Crippen LogP contribution >= 0.6 is 0 Å². The lowest BCUT2D eigenvalue weighted by Gasteiger charge is -2.25. The quantitative estimate of drug-likeness (QED) is 0.596. The molecule has 1 rings (SSSR count). The zero-order valence-electron chi connectivity index (χ0n) is 12.2. The summed E-state index contributed by atoms with van der Waals surface area (Å²) in [6, 6.07) is 7.67. The van der Waals surface area contributed by atoms with Crippen LogP contribution in [0.15, 0.2) is 60.9 Å². The predicted molar refractivity (Wildman–Crippen MR) is 84.7 cm³/mol. The highest BCUT2D eigenvalue weighted by Crippen LogP contribution is 2.25. The van der Waals surface area contributed by atoms with Crippen LogP contribution in [0.2, 0.25) is 0 Å². The van der Waals surface area contributed by atoms with Crippen molar-refractivity contribution in [2.45, 2.75) is 25.4 Å². The molecule has 0 atom stereocenters. The van der Waals surface area contributed by atoms with Crippen LogP contribution in [0.25, 0.3) is 6.08 Å². The molecule has 2 nitrogen and oxygen atoms in total. The Bertz CT molecular complexity index is 507. The molecule has 106 valence electrons. The molecule has 0 aliphatic carbocycles. The van der Waals surface area contributed by atoms with E-state index in [0.717, 1.165) is 16.9 Å². The summed E-state index contributed by atoms with van der Waals surface area (Å²) >= 11 is 0. The first-order valence-corrected chi connectivity index (χ1v) is 6.57. The predicted octanol–water partition coefficient (Wildman–Crippen LogP) is 4.14. The first kappa shape index (κ1) is 16.0. The number of hydrogen-bond acceptors (Lipinski definition) is 2. The van der Waals surface area contributed by atoms with Gasteiger partial charge in [-0.05, 0) is 43.5 Å². The summed E-state index contributed by atoms with van der Waals surface area (Å²) in [5, 5.41) is 10.6. The average molecular weight is 270 g/mol. The number of methoxy groups -OCH3 is 1. The van der Waals surface area contributed by atoms with Crippen molar-refractivity contribution in [3.63, 3.8) is 0 Å². The molecule has 0 aliphatic heterocycles. The molecule has 1 aromatic carbocycles. The number of hydrogen-bond donors (Lipinski definition) is 1. The molecular formula is C18H22O2. The molecule has 0 amide bonds. The van der Waals surface area contributed by atoms with E-state index in [1.165, 1.54) is 0 Å². The maximum absolute atomic E-state index is 10.6. The third-order valence-electron chi connectivity index (χ3n) is 3.23. The summed E-state index contributed by atoms with van der Waals surface area (Å²) in [5.74, 6) is 0.817. The molecule has 0 spiro atoms. The van der Waals surface area contributed by atoms with E-state index < -0.39 is 5.60 Å². The smallest absolute Gasteiger partial charge is 0.118 e. The van der Waals surface area contributed by atoms with E-state index in [1.807, 2.05) is 37.3 Å². The van der Waals surface area contributed by atoms with Crippen molar-refractivity contribution in [1.82, 2.24) is 0 Å². The second-order valence-electron chi connectivity index (χ2n) is 4.70. The van der Waals surface area contributed by atoms with Gasteiger partial charge in [-0.15, -0.1) is 18.9 Å². The number of aliphatic hydroxyl groups is 1. The third kappa shape index (κ3) is 4.27. The molecule has 0 unspecified atom stereocenters. The first-order chi connectivity index (χ1) is 9.55. The highest BCUT2D eigenvalue weighted by atomic mass is 16.5. The molecule has 1 N–H and O–H groups in total. The number of benzene rings is 1. The molecule has 0 heterocycles. The summed E-state index contributed by atoms with van der Waals surface area (Å²) in [5.41, 5.74) is 3.98. The highest BCUT2D eigenvalue weighted by Gasteiger charge is 2.25. The highest BCUT2D eigenvalue weighted by molar-refractivity contribution is 5.51. The Morgan fingerprint density at radius 2 is 1.80 bits per heavy atom. The van der Waals surface area contributed by atoms with Gasteiger partial charge in [0.1, 0.15) is 5.75 Å². The summed E-state index contributed by atoms with van der Waals surface area (Å²) in [7, 11) is 1.64. The zero-order chi connectivity index (χ0) is 15.0. The van der Waals surface area contributed by atoms with Crippen LogP contribution in [-0.2, 0) is 0 Å². The van der Waals surface area contributed by atoms with Gasteiger partial charge >= 0.3 is 0 Å². The van der Waals surface area contributed by atoms with E-state index in [1.54, 1.807) is 19.3 Å². The van der Waals surface area contributed by atoms with Crippen LogP contribution in [0.4, 0.5) is 0 Å². The van der Waals surface area contributed by atoms with Gasteiger partial charge in [-0.2, -0.15) is 0 Å². The Kier molecular flexibility index (Phi) is 6.05. The van der Waals surface area contributed by atoms with Crippen LogP contribution in [0.1, 0.15) is 25.3 Å². The fourth-order valence-corrected chi connectivity index (χ4v) is 1.89. The minimum absolute atomic E-state index is 0.480. The topological polar surface area (TPSA) is 29.5 Å². The normalized spacial score (nSPS) is 10.3. The summed E-state index contributed by atoms with van der Waals surface area (Å²) in [6.07, 6.45) is 6.23. The second-order valence-corrected chi connectivity index (χ2v) is 4.70. The van der Waals surface area contributed by atoms with Crippen LogP contribution in [0.3, 0.4) is 0 Å². The Labute approximate surface area is 121 Å². The van der Waals surface area contributed by atoms with Crippen LogP contribution < -0.4 is 4.74 Å². The maximum Gasteiger partial charge on any atom is 0.118 e. The van der Waals surface area contributed by atoms with Gasteiger partial charge in [-0.3, -0.25) is 0 Å². The van der Waals surface area contributed by atoms with Gasteiger partial charge in [0.25, 0.3) is 0 Å². The van der Waals surface area contributed by atoms with Crippen LogP contribution in [0, 0.1) is 0 Å². The van der Waals surface area contributed by atoms with Crippen LogP contribution in [0.5, 0.6) is 5.75 Å². The SMILES string of the molecule is C=CCC(O)(CC=C)C(C)=C=Cc1ccc(OC)cc1. The standard InChI is InChI=1S/C18H22O2/c1-5-13-18(19,14-6-2)15(3)7-8-16-9-11-17(20-4)12-10-16/h5-6,8-12,19H,1-2,13-14H2,3-4H3. The zero-order valence-corrected chi connectivity index (χ0v) is 12.2. The van der Waals surface area contributed by atoms with Crippen molar-refractivity contribution in [3.05, 3.63) is 66.4 Å². The summed E-state index contributed by atoms with van der Waals surface area (Å²) < 4.78 is 5.11.